The van der Waals surface area contributed by atoms with Crippen LogP contribution in [0.4, 0.5) is 9.59 Å². The summed E-state index contributed by atoms with van der Waals surface area (Å²) in [5.41, 5.74) is 2.17. The van der Waals surface area contributed by atoms with E-state index in [9.17, 15) is 24.0 Å². The minimum atomic E-state index is -1.38. The molecule has 60 heavy (non-hydrogen) atoms. The number of piperidine rings is 1. The third-order valence-electron chi connectivity index (χ3n) is 10.5. The minimum Gasteiger partial charge on any atom is -0.490 e. The van der Waals surface area contributed by atoms with E-state index in [0.29, 0.717) is 25.3 Å². The molecule has 0 unspecified atom stereocenters. The standard InChI is InChI=1S/C47H62N4O9/c1-32-19-21-36(58-37-27-47(28-37)23-14-24-51(31-47)44(56)60-46(5,6)7)25-35(32)29-48-41(53)38(22-20-33-15-10-8-11-16-33)49-42(54)39(26-40(52)59-45(2,3)4)50-43(55)57-30-34-17-12-9-13-18-34/h8-13,15-19,21,25,37-39H,14,20,22-24,26-31H2,1-7H3,(H,48,53)(H,49,54)(H,50,55)/t37?,38-,39-,47?/m0/s1. The normalized spacial score (nSPS) is 18.6. The molecular formula is C47H62N4O9. The zero-order chi connectivity index (χ0) is 43.5. The molecule has 1 saturated carbocycles. The fourth-order valence-corrected chi connectivity index (χ4v) is 7.59. The zero-order valence-corrected chi connectivity index (χ0v) is 36.1. The molecule has 13 nitrogen and oxygen atoms in total. The second-order valence-electron chi connectivity index (χ2n) is 18.1. The van der Waals surface area contributed by atoms with Gasteiger partial charge in [0.15, 0.2) is 0 Å². The average molecular weight is 827 g/mol. The first-order chi connectivity index (χ1) is 28.3. The Labute approximate surface area is 354 Å². The lowest BCUT2D eigenvalue weighted by Gasteiger charge is -2.52. The summed E-state index contributed by atoms with van der Waals surface area (Å²) in [5, 5.41) is 8.31. The van der Waals surface area contributed by atoms with Crippen molar-refractivity contribution in [3.8, 4) is 5.75 Å². The molecule has 0 radical (unpaired) electrons. The van der Waals surface area contributed by atoms with Crippen molar-refractivity contribution in [3.05, 3.63) is 101 Å². The zero-order valence-electron chi connectivity index (χ0n) is 36.1. The smallest absolute Gasteiger partial charge is 0.410 e. The Kier molecular flexibility index (Phi) is 15.2. The summed E-state index contributed by atoms with van der Waals surface area (Å²) >= 11 is 0. The van der Waals surface area contributed by atoms with E-state index >= 15 is 0 Å². The van der Waals surface area contributed by atoms with Gasteiger partial charge in [0.25, 0.3) is 0 Å². The first-order valence-electron chi connectivity index (χ1n) is 20.9. The van der Waals surface area contributed by atoms with Crippen LogP contribution in [0.1, 0.15) is 102 Å². The second-order valence-corrected chi connectivity index (χ2v) is 18.1. The van der Waals surface area contributed by atoms with Gasteiger partial charge in [0.2, 0.25) is 11.8 Å². The lowest BCUT2D eigenvalue weighted by molar-refractivity contribution is -0.156. The summed E-state index contributed by atoms with van der Waals surface area (Å²) in [6.07, 6.45) is 2.71. The van der Waals surface area contributed by atoms with E-state index < -0.39 is 53.6 Å². The third kappa shape index (κ3) is 14.3. The number of nitrogens with one attached hydrogen (secondary N) is 3. The Morgan fingerprint density at radius 1 is 0.800 bits per heavy atom. The molecule has 2 aliphatic rings. The van der Waals surface area contributed by atoms with E-state index in [2.05, 4.69) is 16.0 Å². The molecular weight excluding hydrogens is 765 g/mol. The summed E-state index contributed by atoms with van der Waals surface area (Å²) in [5.74, 6) is -1.18. The molecule has 1 aliphatic heterocycles. The molecule has 1 saturated heterocycles. The molecule has 1 spiro atoms. The van der Waals surface area contributed by atoms with Crippen LogP contribution in [0.5, 0.6) is 5.75 Å². The van der Waals surface area contributed by atoms with Gasteiger partial charge in [-0.2, -0.15) is 0 Å². The highest BCUT2D eigenvalue weighted by Gasteiger charge is 2.49. The summed E-state index contributed by atoms with van der Waals surface area (Å²) < 4.78 is 22.9. The van der Waals surface area contributed by atoms with Crippen molar-refractivity contribution in [2.45, 2.75) is 136 Å². The number of rotatable bonds is 15. The first kappa shape index (κ1) is 45.5. The van der Waals surface area contributed by atoms with Crippen molar-refractivity contribution >= 4 is 30.0 Å². The number of benzene rings is 3. The third-order valence-corrected chi connectivity index (χ3v) is 10.5. The summed E-state index contributed by atoms with van der Waals surface area (Å²) in [6, 6.07) is 22.0. The molecule has 3 aromatic rings. The number of carbonyl (C=O) groups is 5. The predicted octanol–water partition coefficient (Wildman–Crippen LogP) is 7.31. The van der Waals surface area contributed by atoms with E-state index in [-0.39, 0.29) is 37.2 Å². The number of aryl methyl sites for hydroxylation is 2. The highest BCUT2D eigenvalue weighted by molar-refractivity contribution is 5.93. The maximum absolute atomic E-state index is 13.9. The second kappa shape index (κ2) is 20.1. The highest BCUT2D eigenvalue weighted by atomic mass is 16.6. The van der Waals surface area contributed by atoms with Crippen LogP contribution >= 0.6 is 0 Å². The van der Waals surface area contributed by atoms with E-state index in [1.165, 1.54) is 0 Å². The number of hydrogen-bond donors (Lipinski definition) is 3. The van der Waals surface area contributed by atoms with Gasteiger partial charge in [0, 0.05) is 19.6 Å². The van der Waals surface area contributed by atoms with Gasteiger partial charge >= 0.3 is 18.2 Å². The van der Waals surface area contributed by atoms with Crippen LogP contribution in [0.2, 0.25) is 0 Å². The monoisotopic (exact) mass is 826 g/mol. The van der Waals surface area contributed by atoms with Crippen LogP contribution in [0.3, 0.4) is 0 Å². The fraction of sp³-hybridized carbons (Fsp3) is 0.511. The fourth-order valence-electron chi connectivity index (χ4n) is 7.59. The number of esters is 1. The molecule has 3 N–H and O–H groups in total. The lowest BCUT2D eigenvalue weighted by atomic mass is 9.62. The van der Waals surface area contributed by atoms with E-state index in [0.717, 1.165) is 47.9 Å². The molecule has 1 aliphatic carbocycles. The Balaban J connectivity index is 1.22. The molecule has 13 heteroatoms. The quantitative estimate of drug-likeness (QED) is 0.105. The minimum absolute atomic E-state index is 0.00386. The van der Waals surface area contributed by atoms with Crippen molar-refractivity contribution in [3.63, 3.8) is 0 Å². The average Bonchev–Trinajstić information content (AvgIpc) is 3.17. The van der Waals surface area contributed by atoms with Crippen LogP contribution in [0.25, 0.3) is 0 Å². The number of carbonyl (C=O) groups excluding carboxylic acids is 5. The Morgan fingerprint density at radius 2 is 1.45 bits per heavy atom. The van der Waals surface area contributed by atoms with Gasteiger partial charge in [0.05, 0.1) is 12.5 Å². The van der Waals surface area contributed by atoms with Crippen LogP contribution in [0.15, 0.2) is 78.9 Å². The number of ether oxygens (including phenoxy) is 4. The van der Waals surface area contributed by atoms with Crippen molar-refractivity contribution in [2.24, 2.45) is 5.41 Å². The number of nitrogens with zero attached hydrogens (tertiary/aromatic N) is 1. The van der Waals surface area contributed by atoms with Gasteiger partial charge in [-0.1, -0.05) is 66.7 Å². The summed E-state index contributed by atoms with van der Waals surface area (Å²) in [7, 11) is 0. The number of hydrogen-bond acceptors (Lipinski definition) is 9. The van der Waals surface area contributed by atoms with Crippen LogP contribution in [0, 0.1) is 12.3 Å². The Bertz CT molecular complexity index is 1940. The molecule has 324 valence electrons. The maximum Gasteiger partial charge on any atom is 0.410 e. The molecule has 4 amide bonds. The number of likely N-dealkylation sites (tertiary alicyclic amines) is 1. The first-order valence-corrected chi connectivity index (χ1v) is 20.9. The van der Waals surface area contributed by atoms with Gasteiger partial charge in [-0.05, 0) is 127 Å². The largest absolute Gasteiger partial charge is 0.490 e. The van der Waals surface area contributed by atoms with E-state index in [4.69, 9.17) is 18.9 Å². The van der Waals surface area contributed by atoms with Crippen molar-refractivity contribution in [1.82, 2.24) is 20.9 Å². The molecule has 2 fully saturated rings. The van der Waals surface area contributed by atoms with Gasteiger partial charge in [-0.15, -0.1) is 0 Å². The van der Waals surface area contributed by atoms with Crippen LogP contribution in [-0.4, -0.2) is 77.3 Å². The van der Waals surface area contributed by atoms with Gasteiger partial charge < -0.3 is 39.8 Å². The SMILES string of the molecule is Cc1ccc(OC2CC3(CCCN(C(=O)OC(C)(C)C)C3)C2)cc1CNC(=O)[C@H](CCc1ccccc1)NC(=O)[C@H](CC(=O)OC(C)(C)C)NC(=O)OCc1ccccc1. The van der Waals surface area contributed by atoms with Crippen molar-refractivity contribution in [1.29, 1.82) is 0 Å². The topological polar surface area (TPSA) is 162 Å². The molecule has 0 aromatic heterocycles. The molecule has 1 heterocycles. The molecule has 2 atom stereocenters. The highest BCUT2D eigenvalue weighted by Crippen LogP contribution is 2.49. The lowest BCUT2D eigenvalue weighted by Crippen LogP contribution is -2.55. The number of alkyl carbamates (subject to hydrolysis) is 1. The van der Waals surface area contributed by atoms with Gasteiger partial charge in [-0.25, -0.2) is 9.59 Å². The molecule has 5 rings (SSSR count). The van der Waals surface area contributed by atoms with Crippen LogP contribution in [-0.2, 0) is 48.2 Å². The Hall–Kier alpha value is -5.59. The Morgan fingerprint density at radius 3 is 2.10 bits per heavy atom. The van der Waals surface area contributed by atoms with Gasteiger partial charge in [-0.3, -0.25) is 14.4 Å². The van der Waals surface area contributed by atoms with Crippen molar-refractivity contribution < 1.29 is 42.9 Å². The number of amides is 4. The maximum atomic E-state index is 13.9. The van der Waals surface area contributed by atoms with E-state index in [1.54, 1.807) is 32.9 Å². The summed E-state index contributed by atoms with van der Waals surface area (Å²) in [4.78, 5) is 68.3. The molecule has 3 aromatic carbocycles. The summed E-state index contributed by atoms with van der Waals surface area (Å²) in [6.45, 7) is 14.2. The van der Waals surface area contributed by atoms with Crippen LogP contribution < -0.4 is 20.7 Å². The molecule has 0 bridgehead atoms. The van der Waals surface area contributed by atoms with E-state index in [1.807, 2.05) is 99.3 Å². The predicted molar refractivity (Wildman–Crippen MR) is 227 cm³/mol. The van der Waals surface area contributed by atoms with Crippen molar-refractivity contribution in [2.75, 3.05) is 13.1 Å². The van der Waals surface area contributed by atoms with Gasteiger partial charge in [0.1, 0.15) is 35.6 Å².